The number of rotatable bonds is 6. The summed E-state index contributed by atoms with van der Waals surface area (Å²) in [4.78, 5) is 40.5. The number of nitrogens with zero attached hydrogens (tertiary/aromatic N) is 4. The molecule has 0 unspecified atom stereocenters. The lowest BCUT2D eigenvalue weighted by molar-refractivity contribution is 0.0695. The third-order valence-corrected chi connectivity index (χ3v) is 5.44. The third-order valence-electron chi connectivity index (χ3n) is 5.44. The summed E-state index contributed by atoms with van der Waals surface area (Å²) in [6, 6.07) is 11.3. The van der Waals surface area contributed by atoms with E-state index < -0.39 is 5.97 Å². The van der Waals surface area contributed by atoms with E-state index in [1.807, 2.05) is 0 Å². The number of aryl methyl sites for hydroxylation is 1. The van der Waals surface area contributed by atoms with Gasteiger partial charge in [0.1, 0.15) is 11.4 Å². The van der Waals surface area contributed by atoms with Crippen molar-refractivity contribution in [2.24, 2.45) is 0 Å². The van der Waals surface area contributed by atoms with Crippen LogP contribution in [0.3, 0.4) is 0 Å². The summed E-state index contributed by atoms with van der Waals surface area (Å²) in [5.74, 6) is -1.29. The van der Waals surface area contributed by atoms with Crippen LogP contribution >= 0.6 is 0 Å². The summed E-state index contributed by atoms with van der Waals surface area (Å²) < 4.78 is 6.50. The van der Waals surface area contributed by atoms with Crippen molar-refractivity contribution in [2.45, 2.75) is 13.8 Å². The zero-order valence-corrected chi connectivity index (χ0v) is 19.4. The predicted octanol–water partition coefficient (Wildman–Crippen LogP) is 3.17. The molecule has 0 saturated carbocycles. The lowest BCUT2D eigenvalue weighted by atomic mass is 10.1. The summed E-state index contributed by atoms with van der Waals surface area (Å²) in [7, 11) is 6.40. The molecular formula is C24H26N4O5. The van der Waals surface area contributed by atoms with Crippen molar-refractivity contribution in [1.82, 2.24) is 14.7 Å². The molecule has 0 spiro atoms. The van der Waals surface area contributed by atoms with Crippen LogP contribution < -0.4 is 9.64 Å². The number of carbonyl (C=O) groups is 3. The number of aromatic carboxylic acids is 1. The Labute approximate surface area is 191 Å². The Bertz CT molecular complexity index is 1230. The maximum atomic E-state index is 13.5. The van der Waals surface area contributed by atoms with Crippen molar-refractivity contribution in [1.29, 1.82) is 0 Å². The molecule has 0 bridgehead atoms. The van der Waals surface area contributed by atoms with Gasteiger partial charge in [0, 0.05) is 38.0 Å². The Morgan fingerprint density at radius 1 is 0.970 bits per heavy atom. The van der Waals surface area contributed by atoms with Crippen molar-refractivity contribution >= 4 is 23.5 Å². The van der Waals surface area contributed by atoms with Crippen LogP contribution in [0, 0.1) is 13.8 Å². The first-order valence-corrected chi connectivity index (χ1v) is 10.1. The van der Waals surface area contributed by atoms with Gasteiger partial charge in [-0.05, 0) is 56.3 Å². The molecule has 0 radical (unpaired) electrons. The number of carbonyl (C=O) groups excluding carboxylic acids is 2. The summed E-state index contributed by atoms with van der Waals surface area (Å²) in [6.45, 7) is 3.52. The second kappa shape index (κ2) is 9.15. The highest BCUT2D eigenvalue weighted by Crippen LogP contribution is 2.27. The minimum absolute atomic E-state index is 0.0416. The number of amides is 2. The molecule has 33 heavy (non-hydrogen) atoms. The van der Waals surface area contributed by atoms with Gasteiger partial charge in [-0.25, -0.2) is 9.48 Å². The van der Waals surface area contributed by atoms with Crippen LogP contribution in [0.5, 0.6) is 5.75 Å². The molecule has 9 nitrogen and oxygen atoms in total. The predicted molar refractivity (Wildman–Crippen MR) is 124 cm³/mol. The van der Waals surface area contributed by atoms with E-state index in [0.717, 1.165) is 0 Å². The van der Waals surface area contributed by atoms with Crippen molar-refractivity contribution in [2.75, 3.05) is 33.2 Å². The molecule has 1 aromatic heterocycles. The number of carboxylic acids is 1. The largest absolute Gasteiger partial charge is 0.497 e. The van der Waals surface area contributed by atoms with Crippen LogP contribution in [0.4, 0.5) is 5.69 Å². The quantitative estimate of drug-likeness (QED) is 0.619. The van der Waals surface area contributed by atoms with Crippen molar-refractivity contribution in [3.05, 3.63) is 70.5 Å². The number of carboxylic acid groups (broad SMARTS) is 1. The number of benzene rings is 2. The van der Waals surface area contributed by atoms with Gasteiger partial charge in [0.2, 0.25) is 0 Å². The minimum Gasteiger partial charge on any atom is -0.497 e. The molecule has 3 aromatic rings. The van der Waals surface area contributed by atoms with Gasteiger partial charge >= 0.3 is 5.97 Å². The average Bonchev–Trinajstić information content (AvgIpc) is 3.11. The van der Waals surface area contributed by atoms with E-state index in [2.05, 4.69) is 5.10 Å². The first kappa shape index (κ1) is 23.5. The molecule has 0 fully saturated rings. The Morgan fingerprint density at radius 3 is 2.15 bits per heavy atom. The van der Waals surface area contributed by atoms with Crippen LogP contribution in [0.2, 0.25) is 0 Å². The second-order valence-corrected chi connectivity index (χ2v) is 7.77. The molecule has 2 aromatic carbocycles. The molecule has 0 saturated heterocycles. The van der Waals surface area contributed by atoms with Crippen LogP contribution in [0.25, 0.3) is 5.69 Å². The second-order valence-electron chi connectivity index (χ2n) is 7.77. The zero-order chi connectivity index (χ0) is 24.4. The summed E-state index contributed by atoms with van der Waals surface area (Å²) >= 11 is 0. The average molecular weight is 450 g/mol. The van der Waals surface area contributed by atoms with E-state index in [9.17, 15) is 19.5 Å². The minimum atomic E-state index is -1.16. The number of hydrogen-bond donors (Lipinski definition) is 1. The first-order chi connectivity index (χ1) is 15.6. The fourth-order valence-electron chi connectivity index (χ4n) is 3.39. The van der Waals surface area contributed by atoms with E-state index in [1.165, 1.54) is 27.7 Å². The number of ether oxygens (including phenoxy) is 1. The topological polar surface area (TPSA) is 105 Å². The summed E-state index contributed by atoms with van der Waals surface area (Å²) in [5.41, 5.74) is 2.78. The fourth-order valence-corrected chi connectivity index (χ4v) is 3.39. The van der Waals surface area contributed by atoms with Crippen LogP contribution in [-0.4, -0.2) is 65.8 Å². The number of methoxy groups -OCH3 is 1. The fraction of sp³-hybridized carbons (Fsp3) is 0.250. The Morgan fingerprint density at radius 2 is 1.61 bits per heavy atom. The van der Waals surface area contributed by atoms with Gasteiger partial charge in [0.05, 0.1) is 24.1 Å². The lowest BCUT2D eigenvalue weighted by Gasteiger charge is -2.20. The highest BCUT2D eigenvalue weighted by Gasteiger charge is 2.26. The highest BCUT2D eigenvalue weighted by molar-refractivity contribution is 6.06. The van der Waals surface area contributed by atoms with Gasteiger partial charge in [-0.15, -0.1) is 0 Å². The summed E-state index contributed by atoms with van der Waals surface area (Å²) in [5, 5.41) is 14.2. The van der Waals surface area contributed by atoms with E-state index in [-0.39, 0.29) is 28.8 Å². The van der Waals surface area contributed by atoms with Crippen LogP contribution in [0.1, 0.15) is 42.5 Å². The van der Waals surface area contributed by atoms with E-state index in [1.54, 1.807) is 71.4 Å². The standard InChI is InChI=1S/C24H26N4O5/c1-14-15(2)25-28(20-12-11-18(33-6)13-19(20)24(31)32)21(14)23(30)27(5)17-9-7-16(8-10-17)22(29)26(3)4/h7-13H,1-6H3,(H,31,32). The van der Waals surface area contributed by atoms with Gasteiger partial charge in [0.15, 0.2) is 0 Å². The van der Waals surface area contributed by atoms with Gasteiger partial charge in [-0.2, -0.15) is 5.10 Å². The SMILES string of the molecule is COc1ccc(-n2nc(C)c(C)c2C(=O)N(C)c2ccc(C(=O)N(C)C)cc2)c(C(=O)O)c1. The molecule has 2 amide bonds. The first-order valence-electron chi connectivity index (χ1n) is 10.1. The Kier molecular flexibility index (Phi) is 6.52. The zero-order valence-electron chi connectivity index (χ0n) is 19.4. The van der Waals surface area contributed by atoms with Crippen molar-refractivity contribution in [3.8, 4) is 11.4 Å². The molecule has 0 atom stereocenters. The molecule has 172 valence electrons. The molecule has 3 rings (SSSR count). The molecule has 0 aliphatic carbocycles. The molecule has 0 aliphatic heterocycles. The molecule has 0 aliphatic rings. The normalized spacial score (nSPS) is 10.6. The van der Waals surface area contributed by atoms with Gasteiger partial charge in [0.25, 0.3) is 11.8 Å². The third kappa shape index (κ3) is 4.43. The monoisotopic (exact) mass is 450 g/mol. The number of hydrogen-bond acceptors (Lipinski definition) is 5. The maximum Gasteiger partial charge on any atom is 0.338 e. The summed E-state index contributed by atoms with van der Waals surface area (Å²) in [6.07, 6.45) is 0. The van der Waals surface area contributed by atoms with Crippen LogP contribution in [-0.2, 0) is 0 Å². The van der Waals surface area contributed by atoms with Gasteiger partial charge < -0.3 is 19.6 Å². The van der Waals surface area contributed by atoms with Crippen molar-refractivity contribution in [3.63, 3.8) is 0 Å². The van der Waals surface area contributed by atoms with Gasteiger partial charge in [-0.1, -0.05) is 0 Å². The van der Waals surface area contributed by atoms with E-state index >= 15 is 0 Å². The Balaban J connectivity index is 2.06. The molecule has 9 heteroatoms. The van der Waals surface area contributed by atoms with Gasteiger partial charge in [-0.3, -0.25) is 9.59 Å². The van der Waals surface area contributed by atoms with Crippen LogP contribution in [0.15, 0.2) is 42.5 Å². The van der Waals surface area contributed by atoms with E-state index in [4.69, 9.17) is 4.74 Å². The molecule has 1 heterocycles. The van der Waals surface area contributed by atoms with Crippen molar-refractivity contribution < 1.29 is 24.2 Å². The lowest BCUT2D eigenvalue weighted by Crippen LogP contribution is -2.29. The number of aromatic nitrogens is 2. The molecular weight excluding hydrogens is 424 g/mol. The number of anilines is 1. The highest BCUT2D eigenvalue weighted by atomic mass is 16.5. The Hall–Kier alpha value is -4.14. The van der Waals surface area contributed by atoms with E-state index in [0.29, 0.717) is 28.3 Å². The molecule has 1 N–H and O–H groups in total. The maximum absolute atomic E-state index is 13.5. The smallest absolute Gasteiger partial charge is 0.338 e.